The molecule has 0 unspecified atom stereocenters. The van der Waals surface area contributed by atoms with Crippen LogP contribution in [0.2, 0.25) is 5.02 Å². The van der Waals surface area contributed by atoms with Crippen LogP contribution in [0.5, 0.6) is 0 Å². The molecule has 1 aromatic carbocycles. The van der Waals surface area contributed by atoms with Crippen molar-refractivity contribution in [3.63, 3.8) is 0 Å². The van der Waals surface area contributed by atoms with E-state index in [0.29, 0.717) is 28.4 Å². The van der Waals surface area contributed by atoms with Crippen molar-refractivity contribution in [2.24, 2.45) is 0 Å². The number of nitrogens with one attached hydrogen (secondary N) is 1. The predicted molar refractivity (Wildman–Crippen MR) is 58.2 cm³/mol. The second kappa shape index (κ2) is 4.45. The Morgan fingerprint density at radius 2 is 2.31 bits per heavy atom. The SMILES string of the molecule is O=Cc1cnc(Cc2c(F)cccc2Cl)[nH]1. The van der Waals surface area contributed by atoms with E-state index in [1.54, 1.807) is 12.1 Å². The molecule has 0 fully saturated rings. The maximum Gasteiger partial charge on any atom is 0.167 e. The fourth-order valence-corrected chi connectivity index (χ4v) is 1.63. The molecule has 0 aliphatic heterocycles. The number of aromatic amines is 1. The number of benzene rings is 1. The van der Waals surface area contributed by atoms with Crippen molar-refractivity contribution < 1.29 is 9.18 Å². The highest BCUT2D eigenvalue weighted by Gasteiger charge is 2.09. The number of aromatic nitrogens is 2. The summed E-state index contributed by atoms with van der Waals surface area (Å²) < 4.78 is 13.4. The van der Waals surface area contributed by atoms with E-state index in [-0.39, 0.29) is 12.2 Å². The molecule has 5 heteroatoms. The molecule has 0 amide bonds. The van der Waals surface area contributed by atoms with E-state index in [1.165, 1.54) is 12.3 Å². The van der Waals surface area contributed by atoms with Gasteiger partial charge in [-0.3, -0.25) is 4.79 Å². The average molecular weight is 239 g/mol. The molecular weight excluding hydrogens is 231 g/mol. The maximum absolute atomic E-state index is 13.4. The van der Waals surface area contributed by atoms with Gasteiger partial charge in [-0.15, -0.1) is 0 Å². The summed E-state index contributed by atoms with van der Waals surface area (Å²) in [4.78, 5) is 17.1. The summed E-state index contributed by atoms with van der Waals surface area (Å²) in [5.41, 5.74) is 0.735. The molecule has 0 bridgehead atoms. The van der Waals surface area contributed by atoms with Crippen LogP contribution in [-0.4, -0.2) is 16.3 Å². The van der Waals surface area contributed by atoms with Gasteiger partial charge in [-0.1, -0.05) is 17.7 Å². The number of halogens is 2. The van der Waals surface area contributed by atoms with E-state index in [4.69, 9.17) is 11.6 Å². The molecule has 0 atom stereocenters. The summed E-state index contributed by atoms with van der Waals surface area (Å²) in [5, 5.41) is 0.351. The van der Waals surface area contributed by atoms with Crippen LogP contribution >= 0.6 is 11.6 Å². The lowest BCUT2D eigenvalue weighted by molar-refractivity contribution is 0.111. The van der Waals surface area contributed by atoms with E-state index in [2.05, 4.69) is 9.97 Å². The highest BCUT2D eigenvalue weighted by molar-refractivity contribution is 6.31. The quantitative estimate of drug-likeness (QED) is 0.836. The molecule has 0 aliphatic rings. The number of carbonyl (C=O) groups is 1. The Labute approximate surface area is 96.3 Å². The van der Waals surface area contributed by atoms with Crippen molar-refractivity contribution in [2.75, 3.05) is 0 Å². The van der Waals surface area contributed by atoms with Gasteiger partial charge >= 0.3 is 0 Å². The van der Waals surface area contributed by atoms with Crippen LogP contribution in [0, 0.1) is 5.82 Å². The van der Waals surface area contributed by atoms with Gasteiger partial charge in [0, 0.05) is 17.0 Å². The Morgan fingerprint density at radius 1 is 1.50 bits per heavy atom. The lowest BCUT2D eigenvalue weighted by Gasteiger charge is -2.03. The van der Waals surface area contributed by atoms with Crippen LogP contribution in [0.4, 0.5) is 4.39 Å². The number of imidazole rings is 1. The minimum atomic E-state index is -0.378. The van der Waals surface area contributed by atoms with Gasteiger partial charge in [0.25, 0.3) is 0 Å². The zero-order chi connectivity index (χ0) is 11.5. The first-order chi connectivity index (χ1) is 7.70. The van der Waals surface area contributed by atoms with Gasteiger partial charge in [0.05, 0.1) is 11.9 Å². The third-order valence-electron chi connectivity index (χ3n) is 2.18. The minimum absolute atomic E-state index is 0.235. The maximum atomic E-state index is 13.4. The Balaban J connectivity index is 2.29. The molecule has 16 heavy (non-hydrogen) atoms. The molecule has 2 rings (SSSR count). The topological polar surface area (TPSA) is 45.8 Å². The monoisotopic (exact) mass is 238 g/mol. The molecule has 82 valence electrons. The second-order valence-electron chi connectivity index (χ2n) is 3.28. The first kappa shape index (κ1) is 10.8. The molecule has 2 aromatic rings. The molecule has 1 N–H and O–H groups in total. The Bertz CT molecular complexity index is 504. The standard InChI is InChI=1S/C11H8ClFN2O/c12-9-2-1-3-10(13)8(9)4-11-14-5-7(6-16)15-11/h1-3,5-6H,4H2,(H,14,15). The predicted octanol–water partition coefficient (Wildman–Crippen LogP) is 2.61. The van der Waals surface area contributed by atoms with E-state index >= 15 is 0 Å². The largest absolute Gasteiger partial charge is 0.340 e. The van der Waals surface area contributed by atoms with Crippen LogP contribution in [-0.2, 0) is 6.42 Å². The number of nitrogens with zero attached hydrogens (tertiary/aromatic N) is 1. The third-order valence-corrected chi connectivity index (χ3v) is 2.54. The van der Waals surface area contributed by atoms with E-state index < -0.39 is 0 Å². The van der Waals surface area contributed by atoms with Crippen LogP contribution in [0.15, 0.2) is 24.4 Å². The van der Waals surface area contributed by atoms with Crippen molar-refractivity contribution in [3.05, 3.63) is 52.3 Å². The van der Waals surface area contributed by atoms with Gasteiger partial charge in [-0.25, -0.2) is 9.37 Å². The summed E-state index contributed by atoms with van der Waals surface area (Å²) in [6, 6.07) is 4.49. The zero-order valence-corrected chi connectivity index (χ0v) is 8.96. The number of H-pyrrole nitrogens is 1. The molecule has 3 nitrogen and oxygen atoms in total. The first-order valence-electron chi connectivity index (χ1n) is 4.62. The lowest BCUT2D eigenvalue weighted by Crippen LogP contribution is -1.96. The van der Waals surface area contributed by atoms with Crippen molar-refractivity contribution in [3.8, 4) is 0 Å². The van der Waals surface area contributed by atoms with Crippen LogP contribution < -0.4 is 0 Å². The number of hydrogen-bond donors (Lipinski definition) is 1. The van der Waals surface area contributed by atoms with Gasteiger partial charge < -0.3 is 4.98 Å². The minimum Gasteiger partial charge on any atom is -0.340 e. The van der Waals surface area contributed by atoms with E-state index in [0.717, 1.165) is 0 Å². The fraction of sp³-hybridized carbons (Fsp3) is 0.0909. The molecule has 0 spiro atoms. The molecule has 0 saturated carbocycles. The van der Waals surface area contributed by atoms with Gasteiger partial charge in [-0.05, 0) is 12.1 Å². The summed E-state index contributed by atoms with van der Waals surface area (Å²) in [6.45, 7) is 0. The molecular formula is C11H8ClFN2O. The van der Waals surface area contributed by atoms with Crippen LogP contribution in [0.3, 0.4) is 0 Å². The lowest BCUT2D eigenvalue weighted by atomic mass is 10.1. The number of rotatable bonds is 3. The zero-order valence-electron chi connectivity index (χ0n) is 8.21. The Morgan fingerprint density at radius 3 is 2.94 bits per heavy atom. The van der Waals surface area contributed by atoms with E-state index in [1.807, 2.05) is 0 Å². The summed E-state index contributed by atoms with van der Waals surface area (Å²) >= 11 is 5.87. The van der Waals surface area contributed by atoms with Crippen molar-refractivity contribution in [1.82, 2.24) is 9.97 Å². The van der Waals surface area contributed by atoms with Crippen LogP contribution in [0.1, 0.15) is 21.9 Å². The molecule has 1 aromatic heterocycles. The highest BCUT2D eigenvalue weighted by Crippen LogP contribution is 2.21. The molecule has 0 radical (unpaired) electrons. The summed E-state index contributed by atoms with van der Waals surface area (Å²) in [6.07, 6.45) is 2.29. The number of hydrogen-bond acceptors (Lipinski definition) is 2. The normalized spacial score (nSPS) is 10.4. The van der Waals surface area contributed by atoms with Crippen LogP contribution in [0.25, 0.3) is 0 Å². The molecule has 0 saturated heterocycles. The van der Waals surface area contributed by atoms with Gasteiger partial charge in [0.15, 0.2) is 6.29 Å². The first-order valence-corrected chi connectivity index (χ1v) is 5.00. The molecule has 1 heterocycles. The Hall–Kier alpha value is -1.68. The summed E-state index contributed by atoms with van der Waals surface area (Å²) in [5.74, 6) is 0.130. The second-order valence-corrected chi connectivity index (χ2v) is 3.69. The Kier molecular flexibility index (Phi) is 3.01. The van der Waals surface area contributed by atoms with E-state index in [9.17, 15) is 9.18 Å². The number of aldehydes is 1. The highest BCUT2D eigenvalue weighted by atomic mass is 35.5. The average Bonchev–Trinajstić information content (AvgIpc) is 2.71. The van der Waals surface area contributed by atoms with Gasteiger partial charge in [0.1, 0.15) is 11.6 Å². The van der Waals surface area contributed by atoms with Gasteiger partial charge in [-0.2, -0.15) is 0 Å². The fourth-order valence-electron chi connectivity index (χ4n) is 1.40. The number of carbonyl (C=O) groups excluding carboxylic acids is 1. The van der Waals surface area contributed by atoms with Crippen molar-refractivity contribution >= 4 is 17.9 Å². The smallest absolute Gasteiger partial charge is 0.167 e. The van der Waals surface area contributed by atoms with Crippen molar-refractivity contribution in [2.45, 2.75) is 6.42 Å². The van der Waals surface area contributed by atoms with Crippen molar-refractivity contribution in [1.29, 1.82) is 0 Å². The molecule has 0 aliphatic carbocycles. The third kappa shape index (κ3) is 2.12. The summed E-state index contributed by atoms with van der Waals surface area (Å²) in [7, 11) is 0. The van der Waals surface area contributed by atoms with Gasteiger partial charge in [0.2, 0.25) is 0 Å².